The molecule has 2 aromatic carbocycles. The van der Waals surface area contributed by atoms with E-state index in [1.807, 2.05) is 0 Å². The summed E-state index contributed by atoms with van der Waals surface area (Å²) in [6.45, 7) is -0.255. The number of piperazine rings is 1. The second-order valence-corrected chi connectivity index (χ2v) is 6.94. The average molecular weight is 434 g/mol. The van der Waals surface area contributed by atoms with Crippen LogP contribution in [-0.4, -0.2) is 45.2 Å². The minimum Gasteiger partial charge on any atom is -0.301 e. The number of carbonyl (C=O) groups excluding carboxylic acids is 2. The lowest BCUT2D eigenvalue weighted by Crippen LogP contribution is -2.54. The van der Waals surface area contributed by atoms with Crippen molar-refractivity contribution in [2.24, 2.45) is 0 Å². The van der Waals surface area contributed by atoms with E-state index in [0.717, 1.165) is 0 Å². The summed E-state index contributed by atoms with van der Waals surface area (Å²) >= 11 is 0. The highest BCUT2D eigenvalue weighted by Gasteiger charge is 2.31. The van der Waals surface area contributed by atoms with Crippen LogP contribution in [0.2, 0.25) is 0 Å². The number of aromatic amines is 2. The van der Waals surface area contributed by atoms with E-state index in [1.165, 1.54) is 9.80 Å². The summed E-state index contributed by atoms with van der Waals surface area (Å²) in [6.07, 6.45) is 0. The van der Waals surface area contributed by atoms with Gasteiger partial charge in [-0.2, -0.15) is 0 Å². The molecule has 3 heterocycles. The van der Waals surface area contributed by atoms with Gasteiger partial charge in [0.2, 0.25) is 11.8 Å². The zero-order chi connectivity index (χ0) is 22.2. The fourth-order valence-corrected chi connectivity index (χ4v) is 3.40. The number of nitrogens with one attached hydrogen (secondary N) is 2. The molecule has 2 N–H and O–H groups in total. The molecule has 2 amide bonds. The van der Waals surface area contributed by atoms with E-state index in [-0.39, 0.29) is 36.6 Å². The molecule has 1 aliphatic heterocycles. The third-order valence-corrected chi connectivity index (χ3v) is 4.97. The Bertz CT molecular complexity index is 1300. The highest BCUT2D eigenvalue weighted by atomic mass is 16.5. The second-order valence-electron chi connectivity index (χ2n) is 6.94. The SMILES string of the molecule is O=C1CN(c2ccc(-c3noc(=O)[nH]3)cc2)C(=O)CN1c1ccc(-c2noc(=O)[nH]2)cc1. The first-order chi connectivity index (χ1) is 15.5. The van der Waals surface area contributed by atoms with E-state index in [0.29, 0.717) is 22.5 Å². The summed E-state index contributed by atoms with van der Waals surface area (Å²) in [6, 6.07) is 13.3. The van der Waals surface area contributed by atoms with Crippen molar-refractivity contribution in [3.63, 3.8) is 0 Å². The molecule has 2 aromatic heterocycles. The fraction of sp³-hybridized carbons (Fsp3) is 0.100. The maximum atomic E-state index is 12.8. The summed E-state index contributed by atoms with van der Waals surface area (Å²) in [5, 5.41) is 7.23. The molecule has 0 spiro atoms. The number of anilines is 2. The molecule has 160 valence electrons. The van der Waals surface area contributed by atoms with Gasteiger partial charge in [-0.3, -0.25) is 28.6 Å². The van der Waals surface area contributed by atoms with Crippen molar-refractivity contribution in [1.29, 1.82) is 0 Å². The molecule has 12 heteroatoms. The normalized spacial score (nSPS) is 14.2. The molecular weight excluding hydrogens is 420 g/mol. The number of carbonyl (C=O) groups is 2. The molecule has 0 unspecified atom stereocenters. The number of amides is 2. The molecule has 1 aliphatic rings. The average Bonchev–Trinajstić information content (AvgIpc) is 3.44. The Morgan fingerprint density at radius 1 is 0.625 bits per heavy atom. The number of H-pyrrole nitrogens is 2. The highest BCUT2D eigenvalue weighted by Crippen LogP contribution is 2.25. The van der Waals surface area contributed by atoms with Crippen molar-refractivity contribution in [2.75, 3.05) is 22.9 Å². The van der Waals surface area contributed by atoms with E-state index in [4.69, 9.17) is 0 Å². The Kier molecular flexibility index (Phi) is 4.51. The van der Waals surface area contributed by atoms with Gasteiger partial charge in [0, 0.05) is 22.5 Å². The maximum Gasteiger partial charge on any atom is 0.439 e. The number of hydrogen-bond donors (Lipinski definition) is 2. The Morgan fingerprint density at radius 3 is 1.31 bits per heavy atom. The molecular formula is C20H14N6O6. The van der Waals surface area contributed by atoms with Crippen LogP contribution in [0.4, 0.5) is 11.4 Å². The predicted molar refractivity (Wildman–Crippen MR) is 110 cm³/mol. The first-order valence-corrected chi connectivity index (χ1v) is 9.41. The smallest absolute Gasteiger partial charge is 0.301 e. The maximum absolute atomic E-state index is 12.8. The topological polar surface area (TPSA) is 158 Å². The van der Waals surface area contributed by atoms with Gasteiger partial charge in [0.05, 0.1) is 0 Å². The van der Waals surface area contributed by atoms with Crippen molar-refractivity contribution in [3.05, 3.63) is 69.6 Å². The van der Waals surface area contributed by atoms with Gasteiger partial charge in [-0.15, -0.1) is 0 Å². The monoisotopic (exact) mass is 434 g/mol. The molecule has 0 radical (unpaired) electrons. The van der Waals surface area contributed by atoms with Crippen molar-refractivity contribution < 1.29 is 18.6 Å². The molecule has 0 aliphatic carbocycles. The van der Waals surface area contributed by atoms with Crippen LogP contribution in [0, 0.1) is 0 Å². The van der Waals surface area contributed by atoms with E-state index in [1.54, 1.807) is 48.5 Å². The summed E-state index contributed by atoms with van der Waals surface area (Å²) in [7, 11) is 0. The Balaban J connectivity index is 1.32. The Labute approximate surface area is 178 Å². The van der Waals surface area contributed by atoms with Gasteiger partial charge in [0.25, 0.3) is 0 Å². The van der Waals surface area contributed by atoms with Crippen molar-refractivity contribution in [2.45, 2.75) is 0 Å². The van der Waals surface area contributed by atoms with E-state index < -0.39 is 11.5 Å². The minimum atomic E-state index is -0.664. The summed E-state index contributed by atoms with van der Waals surface area (Å²) in [5.74, 6) is -1.29. The van der Waals surface area contributed by atoms with Crippen LogP contribution >= 0.6 is 0 Å². The lowest BCUT2D eigenvalue weighted by Gasteiger charge is -2.34. The molecule has 0 bridgehead atoms. The number of aromatic nitrogens is 4. The molecule has 5 rings (SSSR count). The van der Waals surface area contributed by atoms with Crippen LogP contribution < -0.4 is 21.3 Å². The third kappa shape index (κ3) is 3.49. The first kappa shape index (κ1) is 19.2. The number of hydrogen-bond acceptors (Lipinski definition) is 8. The van der Waals surface area contributed by atoms with E-state index >= 15 is 0 Å². The molecule has 0 saturated carbocycles. The summed E-state index contributed by atoms with van der Waals surface area (Å²) in [4.78, 5) is 55.4. The van der Waals surface area contributed by atoms with Gasteiger partial charge < -0.3 is 9.80 Å². The minimum absolute atomic E-state index is 0.128. The second kappa shape index (κ2) is 7.50. The fourth-order valence-electron chi connectivity index (χ4n) is 3.40. The number of benzene rings is 2. The van der Waals surface area contributed by atoms with Crippen molar-refractivity contribution in [3.8, 4) is 22.8 Å². The van der Waals surface area contributed by atoms with Crippen LogP contribution in [0.25, 0.3) is 22.8 Å². The number of nitrogens with zero attached hydrogens (tertiary/aromatic N) is 4. The predicted octanol–water partition coefficient (Wildman–Crippen LogP) is 0.753. The molecule has 1 fully saturated rings. The van der Waals surface area contributed by atoms with Gasteiger partial charge in [-0.05, 0) is 48.5 Å². The van der Waals surface area contributed by atoms with Crippen LogP contribution in [0.1, 0.15) is 0 Å². The zero-order valence-corrected chi connectivity index (χ0v) is 16.3. The van der Waals surface area contributed by atoms with Crippen LogP contribution in [-0.2, 0) is 9.59 Å². The lowest BCUT2D eigenvalue weighted by atomic mass is 10.1. The van der Waals surface area contributed by atoms with Gasteiger partial charge in [0.15, 0.2) is 11.6 Å². The number of rotatable bonds is 4. The van der Waals surface area contributed by atoms with Gasteiger partial charge >= 0.3 is 11.5 Å². The molecule has 12 nitrogen and oxygen atoms in total. The van der Waals surface area contributed by atoms with E-state index in [9.17, 15) is 19.2 Å². The van der Waals surface area contributed by atoms with E-state index in [2.05, 4.69) is 29.3 Å². The summed E-state index contributed by atoms with van der Waals surface area (Å²) < 4.78 is 8.97. The van der Waals surface area contributed by atoms with Crippen molar-refractivity contribution >= 4 is 23.2 Å². The summed E-state index contributed by atoms with van der Waals surface area (Å²) in [5.41, 5.74) is 2.29. The largest absolute Gasteiger partial charge is 0.439 e. The molecule has 32 heavy (non-hydrogen) atoms. The quantitative estimate of drug-likeness (QED) is 0.476. The van der Waals surface area contributed by atoms with Gasteiger partial charge in [0.1, 0.15) is 13.1 Å². The van der Waals surface area contributed by atoms with Gasteiger partial charge in [-0.25, -0.2) is 9.59 Å². The Morgan fingerprint density at radius 2 is 1.00 bits per heavy atom. The first-order valence-electron chi connectivity index (χ1n) is 9.41. The van der Waals surface area contributed by atoms with Crippen LogP contribution in [0.3, 0.4) is 0 Å². The van der Waals surface area contributed by atoms with Crippen molar-refractivity contribution in [1.82, 2.24) is 20.3 Å². The third-order valence-electron chi connectivity index (χ3n) is 4.97. The van der Waals surface area contributed by atoms with Crippen LogP contribution in [0.5, 0.6) is 0 Å². The van der Waals surface area contributed by atoms with Crippen LogP contribution in [0.15, 0.2) is 67.2 Å². The lowest BCUT2D eigenvalue weighted by molar-refractivity contribution is -0.125. The Hall–Kier alpha value is -4.74. The highest BCUT2D eigenvalue weighted by molar-refractivity contribution is 6.12. The molecule has 4 aromatic rings. The zero-order valence-electron chi connectivity index (χ0n) is 16.3. The molecule has 1 saturated heterocycles. The standard InChI is InChI=1S/C20H14N6O6/c27-15-10-26(14-7-3-12(4-8-14)18-22-20(30)32-24-18)16(28)9-25(15)13-5-1-11(2-6-13)17-21-19(29)31-23-17/h1-8H,9-10H2,(H,21,23,29)(H,22,24,30). The molecule has 0 atom stereocenters. The van der Waals surface area contributed by atoms with Gasteiger partial charge in [-0.1, -0.05) is 10.3 Å².